The van der Waals surface area contributed by atoms with Crippen molar-refractivity contribution in [3.8, 4) is 0 Å². The molecule has 6 nitrogen and oxygen atoms in total. The quantitative estimate of drug-likeness (QED) is 0.906. The highest BCUT2D eigenvalue weighted by Gasteiger charge is 2.33. The summed E-state index contributed by atoms with van der Waals surface area (Å²) in [6.07, 6.45) is 10.0. The van der Waals surface area contributed by atoms with E-state index in [0.29, 0.717) is 12.0 Å². The lowest BCUT2D eigenvalue weighted by atomic mass is 9.88. The van der Waals surface area contributed by atoms with E-state index in [1.54, 1.807) is 0 Å². The van der Waals surface area contributed by atoms with Crippen LogP contribution in [0.25, 0.3) is 5.65 Å². The van der Waals surface area contributed by atoms with Gasteiger partial charge in [0.2, 0.25) is 0 Å². The summed E-state index contributed by atoms with van der Waals surface area (Å²) in [6, 6.07) is 2.55. The molecule has 134 valence electrons. The van der Waals surface area contributed by atoms with E-state index in [1.807, 2.05) is 4.52 Å². The summed E-state index contributed by atoms with van der Waals surface area (Å²) >= 11 is 0. The van der Waals surface area contributed by atoms with Crippen molar-refractivity contribution in [1.29, 1.82) is 0 Å². The number of aromatic nitrogens is 4. The van der Waals surface area contributed by atoms with Crippen LogP contribution in [0, 0.1) is 0 Å². The van der Waals surface area contributed by atoms with Crippen LogP contribution < -0.4 is 0 Å². The number of hydrogen-bond acceptors (Lipinski definition) is 5. The Hall–Kier alpha value is -1.53. The Bertz CT molecular complexity index is 765. The predicted octanol–water partition coefficient (Wildman–Crippen LogP) is 2.10. The Labute approximate surface area is 148 Å². The molecule has 2 atom stereocenters. The molecule has 6 heteroatoms. The Morgan fingerprint density at radius 1 is 0.960 bits per heavy atom. The van der Waals surface area contributed by atoms with Gasteiger partial charge in [-0.3, -0.25) is 4.90 Å². The first-order valence-electron chi connectivity index (χ1n) is 9.96. The van der Waals surface area contributed by atoms with E-state index in [2.05, 4.69) is 21.2 Å². The molecule has 1 aliphatic heterocycles. The number of aliphatic hydroxyl groups is 1. The van der Waals surface area contributed by atoms with Gasteiger partial charge in [0.15, 0.2) is 11.5 Å². The Balaban J connectivity index is 1.33. The normalized spacial score (nSPS) is 28.5. The van der Waals surface area contributed by atoms with Crippen molar-refractivity contribution in [3.05, 3.63) is 23.1 Å². The van der Waals surface area contributed by atoms with Crippen molar-refractivity contribution >= 4 is 5.65 Å². The third-order valence-electron chi connectivity index (χ3n) is 6.50. The van der Waals surface area contributed by atoms with E-state index in [9.17, 15) is 5.11 Å². The summed E-state index contributed by atoms with van der Waals surface area (Å²) in [5.74, 6) is 1.47. The first kappa shape index (κ1) is 15.7. The second-order valence-electron chi connectivity index (χ2n) is 8.03. The SMILES string of the molecule is OC1CCCCC1N1CCC(c2nnc3cc4c(nn23)CCC4)CC1. The molecule has 3 heterocycles. The largest absolute Gasteiger partial charge is 0.391 e. The van der Waals surface area contributed by atoms with E-state index in [1.165, 1.54) is 30.5 Å². The summed E-state index contributed by atoms with van der Waals surface area (Å²) in [4.78, 5) is 2.51. The van der Waals surface area contributed by atoms with Gasteiger partial charge in [-0.25, -0.2) is 0 Å². The number of aliphatic hydroxyl groups excluding tert-OH is 1. The minimum absolute atomic E-state index is 0.136. The average molecular weight is 341 g/mol. The number of aryl methyl sites for hydroxylation is 2. The Morgan fingerprint density at radius 3 is 2.64 bits per heavy atom. The summed E-state index contributed by atoms with van der Waals surface area (Å²) in [7, 11) is 0. The van der Waals surface area contributed by atoms with E-state index < -0.39 is 0 Å². The van der Waals surface area contributed by atoms with Crippen LogP contribution in [-0.2, 0) is 12.8 Å². The van der Waals surface area contributed by atoms with Gasteiger partial charge in [0.05, 0.1) is 11.8 Å². The molecule has 1 saturated carbocycles. The third kappa shape index (κ3) is 2.75. The molecule has 5 rings (SSSR count). The summed E-state index contributed by atoms with van der Waals surface area (Å²) in [6.45, 7) is 2.10. The zero-order valence-corrected chi connectivity index (χ0v) is 14.8. The van der Waals surface area contributed by atoms with Gasteiger partial charge in [-0.15, -0.1) is 10.2 Å². The molecule has 1 N–H and O–H groups in total. The van der Waals surface area contributed by atoms with Crippen LogP contribution in [0.2, 0.25) is 0 Å². The smallest absolute Gasteiger partial charge is 0.178 e. The maximum absolute atomic E-state index is 10.3. The molecule has 0 bridgehead atoms. The van der Waals surface area contributed by atoms with E-state index >= 15 is 0 Å². The number of nitrogens with zero attached hydrogens (tertiary/aromatic N) is 5. The maximum atomic E-state index is 10.3. The number of rotatable bonds is 2. The van der Waals surface area contributed by atoms with Gasteiger partial charge in [0.1, 0.15) is 0 Å². The van der Waals surface area contributed by atoms with Crippen LogP contribution in [-0.4, -0.2) is 55.1 Å². The van der Waals surface area contributed by atoms with Gasteiger partial charge >= 0.3 is 0 Å². The van der Waals surface area contributed by atoms with Gasteiger partial charge in [-0.1, -0.05) is 12.8 Å². The fourth-order valence-corrected chi connectivity index (χ4v) is 5.06. The van der Waals surface area contributed by atoms with Gasteiger partial charge < -0.3 is 5.11 Å². The zero-order valence-electron chi connectivity index (χ0n) is 14.8. The molecule has 0 aromatic carbocycles. The lowest BCUT2D eigenvalue weighted by Crippen LogP contribution is -2.48. The van der Waals surface area contributed by atoms with Gasteiger partial charge in [0, 0.05) is 12.0 Å². The van der Waals surface area contributed by atoms with Crippen molar-refractivity contribution < 1.29 is 5.11 Å². The van der Waals surface area contributed by atoms with E-state index in [4.69, 9.17) is 5.10 Å². The van der Waals surface area contributed by atoms with Crippen molar-refractivity contribution in [2.24, 2.45) is 0 Å². The minimum Gasteiger partial charge on any atom is -0.391 e. The van der Waals surface area contributed by atoms with Crippen molar-refractivity contribution in [2.45, 2.75) is 75.9 Å². The molecular weight excluding hydrogens is 314 g/mol. The molecule has 2 aliphatic carbocycles. The number of fused-ring (bicyclic) bond motifs is 2. The monoisotopic (exact) mass is 341 g/mol. The lowest BCUT2D eigenvalue weighted by molar-refractivity contribution is 0.00825. The molecule has 0 amide bonds. The maximum Gasteiger partial charge on any atom is 0.178 e. The molecule has 0 radical (unpaired) electrons. The van der Waals surface area contributed by atoms with Gasteiger partial charge in [0.25, 0.3) is 0 Å². The highest BCUT2D eigenvalue weighted by Crippen LogP contribution is 2.32. The Kier molecular flexibility index (Phi) is 3.97. The van der Waals surface area contributed by atoms with Crippen LogP contribution >= 0.6 is 0 Å². The zero-order chi connectivity index (χ0) is 16.8. The average Bonchev–Trinajstić information content (AvgIpc) is 3.26. The summed E-state index contributed by atoms with van der Waals surface area (Å²) in [5.41, 5.74) is 3.49. The molecular formula is C19H27N5O. The standard InChI is InChI=1S/C19H27N5O/c25-17-7-2-1-6-16(17)23-10-8-13(9-11-23)19-21-20-18-12-14-4-3-5-15(14)22-24(18)19/h12-13,16-17,25H,1-11H2. The van der Waals surface area contributed by atoms with Crippen LogP contribution in [0.1, 0.15) is 67.9 Å². The molecule has 2 aromatic heterocycles. The van der Waals surface area contributed by atoms with Crippen molar-refractivity contribution in [1.82, 2.24) is 24.7 Å². The van der Waals surface area contributed by atoms with E-state index in [-0.39, 0.29) is 6.10 Å². The molecule has 1 saturated heterocycles. The lowest BCUT2D eigenvalue weighted by Gasteiger charge is -2.41. The van der Waals surface area contributed by atoms with Gasteiger partial charge in [-0.2, -0.15) is 9.61 Å². The second kappa shape index (κ2) is 6.32. The molecule has 2 fully saturated rings. The first-order chi connectivity index (χ1) is 12.3. The van der Waals surface area contributed by atoms with Crippen molar-refractivity contribution in [3.63, 3.8) is 0 Å². The molecule has 0 spiro atoms. The number of hydrogen-bond donors (Lipinski definition) is 1. The van der Waals surface area contributed by atoms with Crippen LogP contribution in [0.5, 0.6) is 0 Å². The van der Waals surface area contributed by atoms with Crippen LogP contribution in [0.4, 0.5) is 0 Å². The predicted molar refractivity (Wildman–Crippen MR) is 94.6 cm³/mol. The summed E-state index contributed by atoms with van der Waals surface area (Å²) < 4.78 is 2.00. The first-order valence-corrected chi connectivity index (χ1v) is 9.96. The minimum atomic E-state index is -0.136. The number of likely N-dealkylation sites (tertiary alicyclic amines) is 1. The third-order valence-corrected chi connectivity index (χ3v) is 6.50. The number of piperidine rings is 1. The molecule has 2 aromatic rings. The molecule has 3 aliphatic rings. The van der Waals surface area contributed by atoms with Crippen LogP contribution in [0.15, 0.2) is 6.07 Å². The van der Waals surface area contributed by atoms with E-state index in [0.717, 1.165) is 63.1 Å². The van der Waals surface area contributed by atoms with Crippen molar-refractivity contribution in [2.75, 3.05) is 13.1 Å². The van der Waals surface area contributed by atoms with Crippen LogP contribution in [0.3, 0.4) is 0 Å². The van der Waals surface area contributed by atoms with Gasteiger partial charge in [-0.05, 0) is 69.7 Å². The topological polar surface area (TPSA) is 66.5 Å². The fourth-order valence-electron chi connectivity index (χ4n) is 5.06. The fraction of sp³-hybridized carbons (Fsp3) is 0.737. The highest BCUT2D eigenvalue weighted by molar-refractivity contribution is 5.43. The highest BCUT2D eigenvalue weighted by atomic mass is 16.3. The summed E-state index contributed by atoms with van der Waals surface area (Å²) in [5, 5.41) is 24.1. The Morgan fingerprint density at radius 2 is 1.80 bits per heavy atom. The second-order valence-corrected chi connectivity index (χ2v) is 8.03. The molecule has 2 unspecified atom stereocenters. The molecule has 25 heavy (non-hydrogen) atoms.